The van der Waals surface area contributed by atoms with E-state index in [-0.39, 0.29) is 23.9 Å². The number of rotatable bonds is 4. The minimum Gasteiger partial charge on any atom is -0.479 e. The van der Waals surface area contributed by atoms with Crippen molar-refractivity contribution in [3.8, 4) is 10.6 Å². The lowest BCUT2D eigenvalue weighted by Crippen LogP contribution is -2.48. The van der Waals surface area contributed by atoms with Crippen LogP contribution in [0.25, 0.3) is 10.6 Å². The van der Waals surface area contributed by atoms with Gasteiger partial charge < -0.3 is 9.84 Å². The number of nitrogens with zero attached hydrogens (tertiary/aromatic N) is 2. The van der Waals surface area contributed by atoms with Crippen LogP contribution in [0.4, 0.5) is 0 Å². The van der Waals surface area contributed by atoms with E-state index in [0.29, 0.717) is 5.69 Å². The highest BCUT2D eigenvalue weighted by Crippen LogP contribution is 2.31. The predicted octanol–water partition coefficient (Wildman–Crippen LogP) is 1.28. The van der Waals surface area contributed by atoms with Crippen LogP contribution < -0.4 is 0 Å². The van der Waals surface area contributed by atoms with Crippen LogP contribution in [0.3, 0.4) is 0 Å². The first-order valence-corrected chi connectivity index (χ1v) is 9.10. The fraction of sp³-hybridized carbons (Fsp3) is 0.286. The minimum atomic E-state index is -3.73. The number of morpholine rings is 1. The molecule has 0 bridgehead atoms. The van der Waals surface area contributed by atoms with Crippen LogP contribution in [-0.2, 0) is 19.6 Å². The molecule has 1 saturated heterocycles. The summed E-state index contributed by atoms with van der Waals surface area (Å²) in [5, 5.41) is 8.99. The van der Waals surface area contributed by atoms with Crippen LogP contribution in [0, 0.1) is 0 Å². The second-order valence-electron chi connectivity index (χ2n) is 4.89. The largest absolute Gasteiger partial charge is 0.479 e. The number of ether oxygens (including phenoxy) is 1. The number of carbonyl (C=O) groups is 1. The van der Waals surface area contributed by atoms with Crippen LogP contribution in [0.5, 0.6) is 0 Å². The third kappa shape index (κ3) is 3.27. The van der Waals surface area contributed by atoms with Gasteiger partial charge in [0.25, 0.3) is 10.0 Å². The molecule has 7 nitrogen and oxygen atoms in total. The number of pyridine rings is 1. The summed E-state index contributed by atoms with van der Waals surface area (Å²) in [6, 6.07) is 8.64. The van der Waals surface area contributed by atoms with Crippen LogP contribution in [0.1, 0.15) is 0 Å². The standard InChI is InChI=1S/C14H14N2O5S2/c17-14(18)11-9-16(7-8-21-11)23(19,20)13-5-4-12(22-13)10-3-1-2-6-15-10/h1-6,11H,7-9H2,(H,17,18)/t11-/m1/s1. The van der Waals surface area contributed by atoms with Crippen molar-refractivity contribution in [2.45, 2.75) is 10.3 Å². The maximum atomic E-state index is 12.7. The molecule has 1 aliphatic heterocycles. The fourth-order valence-corrected chi connectivity index (χ4v) is 5.09. The molecule has 1 atom stereocenters. The van der Waals surface area contributed by atoms with Crippen molar-refractivity contribution in [2.75, 3.05) is 19.7 Å². The third-order valence-electron chi connectivity index (χ3n) is 3.40. The Balaban J connectivity index is 1.86. The van der Waals surface area contributed by atoms with Crippen molar-refractivity contribution in [3.63, 3.8) is 0 Å². The molecule has 0 spiro atoms. The van der Waals surface area contributed by atoms with Gasteiger partial charge in [-0.1, -0.05) is 6.07 Å². The molecule has 0 aliphatic carbocycles. The normalized spacial score (nSPS) is 19.6. The Bertz CT molecular complexity index is 804. The number of hydrogen-bond donors (Lipinski definition) is 1. The molecule has 0 radical (unpaired) electrons. The van der Waals surface area contributed by atoms with E-state index in [2.05, 4.69) is 4.98 Å². The highest BCUT2D eigenvalue weighted by atomic mass is 32.2. The molecular formula is C14H14N2O5S2. The van der Waals surface area contributed by atoms with E-state index in [1.165, 1.54) is 6.07 Å². The van der Waals surface area contributed by atoms with Gasteiger partial charge in [0, 0.05) is 12.7 Å². The predicted molar refractivity (Wildman–Crippen MR) is 83.7 cm³/mol. The molecule has 0 saturated carbocycles. The zero-order valence-electron chi connectivity index (χ0n) is 12.0. The van der Waals surface area contributed by atoms with Crippen molar-refractivity contribution in [1.29, 1.82) is 0 Å². The summed E-state index contributed by atoms with van der Waals surface area (Å²) >= 11 is 1.12. The van der Waals surface area contributed by atoms with Crippen LogP contribution >= 0.6 is 11.3 Å². The van der Waals surface area contributed by atoms with E-state index in [4.69, 9.17) is 9.84 Å². The second-order valence-corrected chi connectivity index (χ2v) is 8.14. The number of hydrogen-bond acceptors (Lipinski definition) is 6. The van der Waals surface area contributed by atoms with Gasteiger partial charge in [-0.3, -0.25) is 4.98 Å². The van der Waals surface area contributed by atoms with E-state index < -0.39 is 22.1 Å². The second kappa shape index (κ2) is 6.36. The Kier molecular flexibility index (Phi) is 4.44. The SMILES string of the molecule is O=C(O)[C@H]1CN(S(=O)(=O)c2ccc(-c3ccccn3)s2)CCO1. The van der Waals surface area contributed by atoms with E-state index in [1.807, 2.05) is 6.07 Å². The van der Waals surface area contributed by atoms with Gasteiger partial charge in [-0.2, -0.15) is 4.31 Å². The molecule has 0 unspecified atom stereocenters. The number of carboxylic acid groups (broad SMARTS) is 1. The fourth-order valence-electron chi connectivity index (χ4n) is 2.23. The summed E-state index contributed by atoms with van der Waals surface area (Å²) in [6.45, 7) is 0.0199. The first-order chi connectivity index (χ1) is 11.0. The van der Waals surface area contributed by atoms with Crippen molar-refractivity contribution in [1.82, 2.24) is 9.29 Å². The summed E-state index contributed by atoms with van der Waals surface area (Å²) in [5.74, 6) is -1.16. The number of aliphatic carboxylic acids is 1. The lowest BCUT2D eigenvalue weighted by molar-refractivity contribution is -0.153. The van der Waals surface area contributed by atoms with Gasteiger partial charge in [0.15, 0.2) is 6.10 Å². The van der Waals surface area contributed by atoms with Crippen LogP contribution in [0.15, 0.2) is 40.7 Å². The molecular weight excluding hydrogens is 340 g/mol. The first-order valence-electron chi connectivity index (χ1n) is 6.84. The Morgan fingerprint density at radius 2 is 2.17 bits per heavy atom. The van der Waals surface area contributed by atoms with E-state index in [0.717, 1.165) is 20.5 Å². The summed E-state index contributed by atoms with van der Waals surface area (Å²) in [7, 11) is -3.73. The zero-order valence-corrected chi connectivity index (χ0v) is 13.6. The minimum absolute atomic E-state index is 0.0642. The van der Waals surface area contributed by atoms with E-state index in [1.54, 1.807) is 24.4 Å². The Morgan fingerprint density at radius 3 is 2.87 bits per heavy atom. The summed E-state index contributed by atoms with van der Waals surface area (Å²) in [6.07, 6.45) is 0.511. The van der Waals surface area contributed by atoms with Gasteiger partial charge in [0.1, 0.15) is 4.21 Å². The highest BCUT2D eigenvalue weighted by Gasteiger charge is 2.34. The molecule has 3 heterocycles. The Labute approximate surface area is 137 Å². The lowest BCUT2D eigenvalue weighted by Gasteiger charge is -2.29. The molecule has 2 aromatic heterocycles. The summed E-state index contributed by atoms with van der Waals surface area (Å²) in [5.41, 5.74) is 0.698. The van der Waals surface area contributed by atoms with Gasteiger partial charge in [-0.15, -0.1) is 11.3 Å². The molecule has 1 fully saturated rings. The van der Waals surface area contributed by atoms with Gasteiger partial charge in [-0.05, 0) is 24.3 Å². The smallest absolute Gasteiger partial charge is 0.334 e. The van der Waals surface area contributed by atoms with Crippen molar-refractivity contribution in [3.05, 3.63) is 36.5 Å². The number of aromatic nitrogens is 1. The maximum absolute atomic E-state index is 12.7. The van der Waals surface area contributed by atoms with Gasteiger partial charge in [0.2, 0.25) is 0 Å². The van der Waals surface area contributed by atoms with Crippen molar-refractivity contribution < 1.29 is 23.1 Å². The first kappa shape index (κ1) is 16.1. The van der Waals surface area contributed by atoms with Gasteiger partial charge >= 0.3 is 5.97 Å². The Hall–Kier alpha value is -1.81. The van der Waals surface area contributed by atoms with E-state index in [9.17, 15) is 13.2 Å². The van der Waals surface area contributed by atoms with Gasteiger partial charge in [0.05, 0.1) is 23.7 Å². The topological polar surface area (TPSA) is 96.8 Å². The lowest BCUT2D eigenvalue weighted by atomic mass is 10.3. The van der Waals surface area contributed by atoms with Crippen LogP contribution in [0.2, 0.25) is 0 Å². The molecule has 1 aliphatic rings. The third-order valence-corrected chi connectivity index (χ3v) is 6.84. The van der Waals surface area contributed by atoms with Crippen LogP contribution in [-0.4, -0.2) is 54.6 Å². The molecule has 0 aromatic carbocycles. The van der Waals surface area contributed by atoms with E-state index >= 15 is 0 Å². The molecule has 122 valence electrons. The van der Waals surface area contributed by atoms with Crippen molar-refractivity contribution >= 4 is 27.3 Å². The Morgan fingerprint density at radius 1 is 1.35 bits per heavy atom. The highest BCUT2D eigenvalue weighted by molar-refractivity contribution is 7.91. The van der Waals surface area contributed by atoms with Gasteiger partial charge in [-0.25, -0.2) is 13.2 Å². The molecule has 9 heteroatoms. The quantitative estimate of drug-likeness (QED) is 0.888. The monoisotopic (exact) mass is 354 g/mol. The summed E-state index contributed by atoms with van der Waals surface area (Å²) < 4.78 is 31.7. The average Bonchev–Trinajstić information content (AvgIpc) is 3.06. The number of thiophene rings is 1. The van der Waals surface area contributed by atoms with Crippen molar-refractivity contribution in [2.24, 2.45) is 0 Å². The number of sulfonamides is 1. The number of carboxylic acids is 1. The average molecular weight is 354 g/mol. The zero-order chi connectivity index (χ0) is 16.4. The molecule has 2 aromatic rings. The summed E-state index contributed by atoms with van der Waals surface area (Å²) in [4.78, 5) is 15.9. The molecule has 23 heavy (non-hydrogen) atoms. The molecule has 1 N–H and O–H groups in total. The molecule has 0 amide bonds. The maximum Gasteiger partial charge on any atom is 0.334 e. The molecule has 3 rings (SSSR count).